The van der Waals surface area contributed by atoms with E-state index in [2.05, 4.69) is 0 Å². The van der Waals surface area contributed by atoms with E-state index in [0.717, 1.165) is 0 Å². The minimum atomic E-state index is -3.61. The number of benzene rings is 4. The van der Waals surface area contributed by atoms with Crippen LogP contribution in [-0.4, -0.2) is 0 Å². The van der Waals surface area contributed by atoms with Gasteiger partial charge in [0.05, 0.1) is 0 Å². The van der Waals surface area contributed by atoms with Gasteiger partial charge in [-0.1, -0.05) is 0 Å². The Labute approximate surface area is 260 Å². The van der Waals surface area contributed by atoms with Crippen LogP contribution in [0.1, 0.15) is 44.6 Å². The van der Waals surface area contributed by atoms with Gasteiger partial charge < -0.3 is 0 Å². The second kappa shape index (κ2) is 12.3. The van der Waals surface area contributed by atoms with Crippen molar-refractivity contribution in [3.8, 4) is 0 Å². The predicted octanol–water partition coefficient (Wildman–Crippen LogP) is 10.6. The van der Waals surface area contributed by atoms with Crippen LogP contribution in [0.5, 0.6) is 0 Å². The quantitative estimate of drug-likeness (QED) is 0.114. The molecule has 4 atom stereocenters. The molecule has 1 fully saturated rings. The lowest BCUT2D eigenvalue weighted by molar-refractivity contribution is 0.332. The number of hydrogen-bond acceptors (Lipinski definition) is 1. The van der Waals surface area contributed by atoms with Crippen LogP contribution in [0.2, 0.25) is 0 Å². The summed E-state index contributed by atoms with van der Waals surface area (Å²) in [6.07, 6.45) is 0. The van der Waals surface area contributed by atoms with Crippen LogP contribution in [0, 0.1) is 116 Å². The highest BCUT2D eigenvalue weighted by molar-refractivity contribution is 8.00. The lowest BCUT2D eigenvalue weighted by atomic mass is 9.73. The van der Waals surface area contributed by atoms with Gasteiger partial charge in [-0.15, -0.1) is 11.8 Å². The average Bonchev–Trinajstić information content (AvgIpc) is 3.42. The molecular weight excluding hydrogens is 748 g/mol. The minimum Gasteiger partial charge on any atom is -0.203 e. The van der Waals surface area contributed by atoms with Crippen LogP contribution in [0.4, 0.5) is 87.8 Å². The molecule has 0 radical (unpaired) electrons. The predicted molar refractivity (Wildman–Crippen MR) is 123 cm³/mol. The molecule has 5 rings (SSSR count). The molecule has 0 saturated carbocycles. The molecule has 49 heavy (non-hydrogen) atoms. The molecule has 1 aliphatic heterocycles. The monoisotopic (exact) mass is 752 g/mol. The van der Waals surface area contributed by atoms with Crippen molar-refractivity contribution in [2.45, 2.75) is 22.3 Å². The average molecular weight is 752 g/mol. The van der Waals surface area contributed by atoms with Crippen LogP contribution >= 0.6 is 11.8 Å². The fraction of sp³-hybridized carbons (Fsp3) is 0.143. The molecule has 0 spiro atoms. The highest BCUT2D eigenvalue weighted by Gasteiger charge is 2.56. The Morgan fingerprint density at radius 3 is 0.531 bits per heavy atom. The zero-order valence-corrected chi connectivity index (χ0v) is 23.1. The van der Waals surface area contributed by atoms with Crippen molar-refractivity contribution in [2.75, 3.05) is 0 Å². The van der Waals surface area contributed by atoms with E-state index in [4.69, 9.17) is 0 Å². The summed E-state index contributed by atoms with van der Waals surface area (Å²) in [6.45, 7) is 0. The standard InChI is InChI=1S/C28H4F20S/c29-7-3(8(30)16(38)23(45)15(7)37)1-2(4-9(31)17(39)24(46)18(40)10(4)32)28(6-13(35)21(43)26(48)22(44)14(6)36)49-27(1)5-11(33)19(41)25(47)20(42)12(5)34/h1-2,27-28H. The molecule has 0 nitrogen and oxygen atoms in total. The third-order valence-electron chi connectivity index (χ3n) is 7.54. The summed E-state index contributed by atoms with van der Waals surface area (Å²) in [5.41, 5.74) is -9.98. The Morgan fingerprint density at radius 2 is 0.347 bits per heavy atom. The second-order valence-electron chi connectivity index (χ2n) is 9.96. The van der Waals surface area contributed by atoms with Crippen molar-refractivity contribution >= 4 is 11.8 Å². The smallest absolute Gasteiger partial charge is 0.200 e. The van der Waals surface area contributed by atoms with Gasteiger partial charge in [0.25, 0.3) is 0 Å². The molecule has 4 unspecified atom stereocenters. The van der Waals surface area contributed by atoms with Gasteiger partial charge in [-0.05, 0) is 0 Å². The molecule has 4 aromatic carbocycles. The molecule has 0 N–H and O–H groups in total. The van der Waals surface area contributed by atoms with Crippen molar-refractivity contribution < 1.29 is 87.8 Å². The van der Waals surface area contributed by atoms with Gasteiger partial charge in [-0.25, -0.2) is 87.8 Å². The molecule has 1 heterocycles. The molecule has 0 aromatic heterocycles. The van der Waals surface area contributed by atoms with Crippen molar-refractivity contribution in [1.29, 1.82) is 0 Å². The summed E-state index contributed by atoms with van der Waals surface area (Å²) in [5, 5.41) is -6.70. The highest BCUT2D eigenvalue weighted by Crippen LogP contribution is 2.69. The Balaban J connectivity index is 2.06. The number of halogens is 20. The van der Waals surface area contributed by atoms with Crippen molar-refractivity contribution in [3.63, 3.8) is 0 Å². The number of thioether (sulfide) groups is 1. The van der Waals surface area contributed by atoms with Gasteiger partial charge in [0.15, 0.2) is 93.1 Å². The Kier molecular flexibility index (Phi) is 9.07. The largest absolute Gasteiger partial charge is 0.203 e. The first-order valence-corrected chi connectivity index (χ1v) is 13.3. The van der Waals surface area contributed by atoms with Crippen molar-refractivity contribution in [2.24, 2.45) is 0 Å². The fourth-order valence-electron chi connectivity index (χ4n) is 5.43. The van der Waals surface area contributed by atoms with Crippen LogP contribution in [0.3, 0.4) is 0 Å². The SMILES string of the molecule is Fc1c(F)c(F)c(C2SC(c3c(F)c(F)c(F)c(F)c3F)C(c3c(F)c(F)c(F)c(F)c3F)C2c2c(F)c(F)c(F)c(F)c2F)c(F)c1F. The maximum Gasteiger partial charge on any atom is 0.200 e. The lowest BCUT2D eigenvalue weighted by Gasteiger charge is -2.29. The summed E-state index contributed by atoms with van der Waals surface area (Å²) in [5.74, 6) is -67.8. The molecular formula is C28H4F20S. The van der Waals surface area contributed by atoms with Gasteiger partial charge >= 0.3 is 0 Å². The van der Waals surface area contributed by atoms with Gasteiger partial charge in [0.1, 0.15) is 0 Å². The third-order valence-corrected chi connectivity index (χ3v) is 9.19. The Morgan fingerprint density at radius 1 is 0.204 bits per heavy atom. The Bertz CT molecular complexity index is 1830. The zero-order chi connectivity index (χ0) is 36.9. The first-order chi connectivity index (χ1) is 22.7. The summed E-state index contributed by atoms with van der Waals surface area (Å²) >= 11 is -0.923. The van der Waals surface area contributed by atoms with Gasteiger partial charge in [-0.2, -0.15) is 0 Å². The second-order valence-corrected chi connectivity index (χ2v) is 11.3. The normalized spacial score (nSPS) is 19.3. The third kappa shape index (κ3) is 5.00. The van der Waals surface area contributed by atoms with E-state index in [1.54, 1.807) is 0 Å². The zero-order valence-electron chi connectivity index (χ0n) is 22.3. The van der Waals surface area contributed by atoms with Crippen LogP contribution in [0.25, 0.3) is 0 Å². The highest BCUT2D eigenvalue weighted by atomic mass is 32.2. The van der Waals surface area contributed by atoms with E-state index in [1.807, 2.05) is 0 Å². The molecule has 0 bridgehead atoms. The van der Waals surface area contributed by atoms with Crippen molar-refractivity contribution in [3.05, 3.63) is 139 Å². The molecule has 21 heteroatoms. The summed E-state index contributed by atoms with van der Waals surface area (Å²) in [6, 6.07) is 0. The topological polar surface area (TPSA) is 0 Å². The van der Waals surface area contributed by atoms with Crippen LogP contribution in [0.15, 0.2) is 0 Å². The molecule has 4 aromatic rings. The minimum absolute atomic E-state index is 0.923. The molecule has 0 amide bonds. The Hall–Kier alpha value is -4.17. The van der Waals surface area contributed by atoms with Crippen LogP contribution in [-0.2, 0) is 0 Å². The molecule has 0 aliphatic carbocycles. The van der Waals surface area contributed by atoms with Gasteiger partial charge in [0, 0.05) is 44.6 Å². The van der Waals surface area contributed by atoms with Crippen LogP contribution < -0.4 is 0 Å². The first kappa shape index (κ1) is 36.1. The first-order valence-electron chi connectivity index (χ1n) is 12.4. The van der Waals surface area contributed by atoms with Crippen molar-refractivity contribution in [1.82, 2.24) is 0 Å². The number of rotatable bonds is 4. The van der Waals surface area contributed by atoms with Gasteiger partial charge in [-0.3, -0.25) is 0 Å². The summed E-state index contributed by atoms with van der Waals surface area (Å²) in [4.78, 5) is 0. The molecule has 262 valence electrons. The molecule has 1 saturated heterocycles. The fourth-order valence-corrected chi connectivity index (χ4v) is 7.38. The summed E-state index contributed by atoms with van der Waals surface area (Å²) < 4.78 is 293. The van der Waals surface area contributed by atoms with E-state index < -0.39 is 173 Å². The maximum absolute atomic E-state index is 15.3. The molecule has 1 aliphatic rings. The van der Waals surface area contributed by atoms with E-state index >= 15 is 35.1 Å². The van der Waals surface area contributed by atoms with Gasteiger partial charge in [0.2, 0.25) is 23.3 Å². The maximum atomic E-state index is 15.3. The van der Waals surface area contributed by atoms with E-state index in [1.165, 1.54) is 0 Å². The summed E-state index contributed by atoms with van der Waals surface area (Å²) in [7, 11) is 0. The lowest BCUT2D eigenvalue weighted by Crippen LogP contribution is -2.24. The number of hydrogen-bond donors (Lipinski definition) is 0. The van der Waals surface area contributed by atoms with E-state index in [-0.39, 0.29) is 0 Å². The van der Waals surface area contributed by atoms with E-state index in [9.17, 15) is 52.7 Å². The van der Waals surface area contributed by atoms with E-state index in [0.29, 0.717) is 0 Å².